The SMILES string of the molecule is CN(C)C(=O)CCCC(=O)NCC(O)c1ccc(Cl)cc1Cl. The molecule has 0 heterocycles. The average molecular weight is 347 g/mol. The van der Waals surface area contributed by atoms with E-state index in [0.717, 1.165) is 0 Å². The first-order valence-electron chi connectivity index (χ1n) is 6.91. The fourth-order valence-corrected chi connectivity index (χ4v) is 2.34. The van der Waals surface area contributed by atoms with Gasteiger partial charge in [0.1, 0.15) is 0 Å². The molecule has 0 saturated heterocycles. The molecule has 7 heteroatoms. The predicted molar refractivity (Wildman–Crippen MR) is 87.0 cm³/mol. The Bertz CT molecular complexity index is 536. The number of hydrogen-bond donors (Lipinski definition) is 2. The first-order valence-corrected chi connectivity index (χ1v) is 7.66. The zero-order chi connectivity index (χ0) is 16.7. The fraction of sp³-hybridized carbons (Fsp3) is 0.467. The highest BCUT2D eigenvalue weighted by molar-refractivity contribution is 6.35. The van der Waals surface area contributed by atoms with Crippen molar-refractivity contribution >= 4 is 35.0 Å². The van der Waals surface area contributed by atoms with Gasteiger partial charge >= 0.3 is 0 Å². The van der Waals surface area contributed by atoms with Crippen molar-refractivity contribution in [1.82, 2.24) is 10.2 Å². The minimum absolute atomic E-state index is 0.0132. The summed E-state index contributed by atoms with van der Waals surface area (Å²) in [5.41, 5.74) is 0.508. The molecule has 1 atom stereocenters. The summed E-state index contributed by atoms with van der Waals surface area (Å²) in [6.45, 7) is 0.0574. The first kappa shape index (κ1) is 18.7. The van der Waals surface area contributed by atoms with Crippen LogP contribution in [0, 0.1) is 0 Å². The minimum atomic E-state index is -0.905. The van der Waals surface area contributed by atoms with Crippen LogP contribution in [0.3, 0.4) is 0 Å². The van der Waals surface area contributed by atoms with Crippen molar-refractivity contribution in [2.45, 2.75) is 25.4 Å². The van der Waals surface area contributed by atoms with Crippen LogP contribution >= 0.6 is 23.2 Å². The van der Waals surface area contributed by atoms with Crippen molar-refractivity contribution in [3.05, 3.63) is 33.8 Å². The maximum atomic E-state index is 11.7. The molecule has 0 aliphatic carbocycles. The molecular formula is C15H20Cl2N2O3. The van der Waals surface area contributed by atoms with E-state index in [9.17, 15) is 14.7 Å². The number of carbonyl (C=O) groups excluding carboxylic acids is 2. The number of aliphatic hydroxyl groups excluding tert-OH is 1. The molecular weight excluding hydrogens is 327 g/mol. The van der Waals surface area contributed by atoms with Crippen LogP contribution in [-0.4, -0.2) is 42.5 Å². The summed E-state index contributed by atoms with van der Waals surface area (Å²) < 4.78 is 0. The molecule has 22 heavy (non-hydrogen) atoms. The Hall–Kier alpha value is -1.30. The second-order valence-electron chi connectivity index (χ2n) is 5.13. The van der Waals surface area contributed by atoms with Gasteiger partial charge in [-0.3, -0.25) is 9.59 Å². The maximum absolute atomic E-state index is 11.7. The Kier molecular flexibility index (Phi) is 7.65. The van der Waals surface area contributed by atoms with Gasteiger partial charge in [-0.15, -0.1) is 0 Å². The van der Waals surface area contributed by atoms with Gasteiger partial charge in [0.05, 0.1) is 6.10 Å². The number of carbonyl (C=O) groups is 2. The second-order valence-corrected chi connectivity index (χ2v) is 5.97. The van der Waals surface area contributed by atoms with Gasteiger partial charge < -0.3 is 15.3 Å². The van der Waals surface area contributed by atoms with Crippen LogP contribution in [0.5, 0.6) is 0 Å². The van der Waals surface area contributed by atoms with Gasteiger partial charge in [0.25, 0.3) is 0 Å². The Morgan fingerprint density at radius 3 is 2.55 bits per heavy atom. The summed E-state index contributed by atoms with van der Waals surface area (Å²) >= 11 is 11.8. The summed E-state index contributed by atoms with van der Waals surface area (Å²) in [7, 11) is 3.35. The van der Waals surface area contributed by atoms with E-state index in [2.05, 4.69) is 5.32 Å². The molecule has 0 saturated carbocycles. The van der Waals surface area contributed by atoms with Crippen molar-refractivity contribution in [1.29, 1.82) is 0 Å². The summed E-state index contributed by atoms with van der Waals surface area (Å²) in [6.07, 6.45) is 0.130. The smallest absolute Gasteiger partial charge is 0.222 e. The Morgan fingerprint density at radius 1 is 1.27 bits per heavy atom. The molecule has 0 fully saturated rings. The van der Waals surface area contributed by atoms with Gasteiger partial charge in [-0.1, -0.05) is 29.3 Å². The van der Waals surface area contributed by atoms with E-state index in [4.69, 9.17) is 23.2 Å². The molecule has 0 aliphatic rings. The third-order valence-corrected chi connectivity index (χ3v) is 3.67. The van der Waals surface area contributed by atoms with Crippen molar-refractivity contribution in [3.63, 3.8) is 0 Å². The highest BCUT2D eigenvalue weighted by Crippen LogP contribution is 2.25. The first-order chi connectivity index (χ1) is 10.3. The number of nitrogens with one attached hydrogen (secondary N) is 1. The van der Waals surface area contributed by atoms with Gasteiger partial charge in [0, 0.05) is 49.1 Å². The molecule has 122 valence electrons. The molecule has 0 aromatic heterocycles. The number of amides is 2. The molecule has 1 unspecified atom stereocenters. The lowest BCUT2D eigenvalue weighted by molar-refractivity contribution is -0.129. The van der Waals surface area contributed by atoms with Gasteiger partial charge in [0.2, 0.25) is 11.8 Å². The average Bonchev–Trinajstić information content (AvgIpc) is 2.44. The number of nitrogens with zero attached hydrogens (tertiary/aromatic N) is 1. The van der Waals surface area contributed by atoms with Crippen molar-refractivity contribution in [2.75, 3.05) is 20.6 Å². The molecule has 0 spiro atoms. The Labute approximate surface area is 140 Å². The summed E-state index contributed by atoms with van der Waals surface area (Å²) in [6, 6.07) is 4.79. The van der Waals surface area contributed by atoms with Crippen LogP contribution in [0.15, 0.2) is 18.2 Å². The summed E-state index contributed by atoms with van der Waals surface area (Å²) in [5, 5.41) is 13.5. The van der Waals surface area contributed by atoms with Gasteiger partial charge in [-0.2, -0.15) is 0 Å². The third kappa shape index (κ3) is 6.22. The molecule has 1 aromatic carbocycles. The lowest BCUT2D eigenvalue weighted by atomic mass is 10.1. The second kappa shape index (κ2) is 8.98. The molecule has 1 rings (SSSR count). The Morgan fingerprint density at radius 2 is 1.95 bits per heavy atom. The molecule has 0 radical (unpaired) electrons. The van der Waals surface area contributed by atoms with Crippen LogP contribution < -0.4 is 5.32 Å². The molecule has 0 aliphatic heterocycles. The quantitative estimate of drug-likeness (QED) is 0.796. The van der Waals surface area contributed by atoms with E-state index >= 15 is 0 Å². The monoisotopic (exact) mass is 346 g/mol. The summed E-state index contributed by atoms with van der Waals surface area (Å²) in [4.78, 5) is 24.5. The van der Waals surface area contributed by atoms with E-state index < -0.39 is 6.10 Å². The van der Waals surface area contributed by atoms with Crippen molar-refractivity contribution < 1.29 is 14.7 Å². The third-order valence-electron chi connectivity index (χ3n) is 3.11. The molecule has 2 amide bonds. The van der Waals surface area contributed by atoms with Crippen LogP contribution in [0.1, 0.15) is 30.9 Å². The minimum Gasteiger partial charge on any atom is -0.387 e. The molecule has 2 N–H and O–H groups in total. The lowest BCUT2D eigenvalue weighted by Gasteiger charge is -2.14. The van der Waals surface area contributed by atoms with Gasteiger partial charge in [-0.25, -0.2) is 0 Å². The molecule has 0 bridgehead atoms. The molecule has 1 aromatic rings. The normalized spacial score (nSPS) is 11.9. The van der Waals surface area contributed by atoms with Gasteiger partial charge in [-0.05, 0) is 18.6 Å². The lowest BCUT2D eigenvalue weighted by Crippen LogP contribution is -2.28. The predicted octanol–water partition coefficient (Wildman–Crippen LogP) is 2.40. The number of hydrogen-bond acceptors (Lipinski definition) is 3. The van der Waals surface area contributed by atoms with Crippen molar-refractivity contribution in [2.24, 2.45) is 0 Å². The Balaban J connectivity index is 2.36. The number of halogens is 2. The van der Waals surface area contributed by atoms with Crippen LogP contribution in [0.4, 0.5) is 0 Å². The topological polar surface area (TPSA) is 69.6 Å². The van der Waals surface area contributed by atoms with E-state index in [1.54, 1.807) is 26.2 Å². The van der Waals surface area contributed by atoms with E-state index in [1.165, 1.54) is 11.0 Å². The number of aliphatic hydroxyl groups is 1. The van der Waals surface area contributed by atoms with Crippen LogP contribution in [0.25, 0.3) is 0 Å². The number of benzene rings is 1. The van der Waals surface area contributed by atoms with Gasteiger partial charge in [0.15, 0.2) is 0 Å². The number of rotatable bonds is 7. The zero-order valence-corrected chi connectivity index (χ0v) is 14.1. The summed E-state index contributed by atoms with van der Waals surface area (Å²) in [5.74, 6) is -0.225. The van der Waals surface area contributed by atoms with E-state index in [-0.39, 0.29) is 24.8 Å². The zero-order valence-electron chi connectivity index (χ0n) is 12.6. The van der Waals surface area contributed by atoms with E-state index in [1.807, 2.05) is 0 Å². The van der Waals surface area contributed by atoms with Crippen molar-refractivity contribution in [3.8, 4) is 0 Å². The van der Waals surface area contributed by atoms with E-state index in [0.29, 0.717) is 28.5 Å². The fourth-order valence-electron chi connectivity index (χ4n) is 1.80. The van der Waals surface area contributed by atoms with Crippen LogP contribution in [0.2, 0.25) is 10.0 Å². The highest BCUT2D eigenvalue weighted by Gasteiger charge is 2.13. The van der Waals surface area contributed by atoms with Crippen LogP contribution in [-0.2, 0) is 9.59 Å². The molecule has 5 nitrogen and oxygen atoms in total. The maximum Gasteiger partial charge on any atom is 0.222 e. The highest BCUT2D eigenvalue weighted by atomic mass is 35.5. The standard InChI is InChI=1S/C15H20Cl2N2O3/c1-19(2)15(22)5-3-4-14(21)18-9-13(20)11-7-6-10(16)8-12(11)17/h6-8,13,20H,3-5,9H2,1-2H3,(H,18,21). The largest absolute Gasteiger partial charge is 0.387 e.